The summed E-state index contributed by atoms with van der Waals surface area (Å²) < 4.78 is 46.6. The van der Waals surface area contributed by atoms with Crippen LogP contribution >= 0.6 is 11.8 Å². The molecule has 1 atom stereocenters. The van der Waals surface area contributed by atoms with Crippen molar-refractivity contribution >= 4 is 17.7 Å². The molecule has 0 amide bonds. The van der Waals surface area contributed by atoms with Crippen molar-refractivity contribution in [2.75, 3.05) is 12.4 Å². The number of hydrogen-bond donors (Lipinski definition) is 0. The summed E-state index contributed by atoms with van der Waals surface area (Å²) in [6, 6.07) is 1.72. The number of hydrogen-bond acceptors (Lipinski definition) is 5. The van der Waals surface area contributed by atoms with Gasteiger partial charge in [0, 0.05) is 11.4 Å². The predicted octanol–water partition coefficient (Wildman–Crippen LogP) is 5.17. The van der Waals surface area contributed by atoms with Crippen LogP contribution in [0.15, 0.2) is 5.03 Å². The topological polar surface area (TPSA) is 63.0 Å². The highest BCUT2D eigenvalue weighted by molar-refractivity contribution is 7.99. The second-order valence-electron chi connectivity index (χ2n) is 7.91. The van der Waals surface area contributed by atoms with E-state index >= 15 is 0 Å². The van der Waals surface area contributed by atoms with Gasteiger partial charge in [-0.25, -0.2) is 4.98 Å². The number of aromatic nitrogens is 1. The Morgan fingerprint density at radius 1 is 1.36 bits per heavy atom. The summed E-state index contributed by atoms with van der Waals surface area (Å²) >= 11 is 1.00. The summed E-state index contributed by atoms with van der Waals surface area (Å²) in [5.41, 5.74) is -0.835. The fraction of sp³-hybridized carbons (Fsp3) is 0.650. The Labute approximate surface area is 167 Å². The molecule has 0 saturated carbocycles. The maximum atomic E-state index is 13.9. The third-order valence-electron chi connectivity index (χ3n) is 5.00. The lowest BCUT2D eigenvalue weighted by Gasteiger charge is -2.36. The summed E-state index contributed by atoms with van der Waals surface area (Å²) in [7, 11) is 0. The zero-order valence-electron chi connectivity index (χ0n) is 16.6. The maximum absolute atomic E-state index is 13.9. The van der Waals surface area contributed by atoms with Gasteiger partial charge < -0.3 is 4.74 Å². The van der Waals surface area contributed by atoms with Crippen molar-refractivity contribution in [3.05, 3.63) is 22.4 Å². The standard InChI is InChI=1S/C20H25F3N2O2S/c1-5-27-16(26)8-9-28-18-14(11-24)17(20(21,22)23)13-10-12(19(2,3)4)6-7-15(13)25-18/h12H,5-10H2,1-4H3/t12-/m1/s1. The zero-order chi connectivity index (χ0) is 21.1. The lowest BCUT2D eigenvalue weighted by molar-refractivity contribution is -0.142. The fourth-order valence-corrected chi connectivity index (χ4v) is 4.39. The summed E-state index contributed by atoms with van der Waals surface area (Å²) in [6.45, 7) is 8.00. The number of ether oxygens (including phenoxy) is 1. The Kier molecular flexibility index (Phi) is 7.02. The van der Waals surface area contributed by atoms with Crippen molar-refractivity contribution in [1.82, 2.24) is 4.98 Å². The first kappa shape index (κ1) is 22.5. The number of thioether (sulfide) groups is 1. The van der Waals surface area contributed by atoms with E-state index in [-0.39, 0.29) is 47.1 Å². The largest absolute Gasteiger partial charge is 0.466 e. The van der Waals surface area contributed by atoms with Gasteiger partial charge in [-0.05, 0) is 43.1 Å². The van der Waals surface area contributed by atoms with Crippen molar-refractivity contribution in [3.63, 3.8) is 0 Å². The van der Waals surface area contributed by atoms with E-state index < -0.39 is 23.3 Å². The molecule has 8 heteroatoms. The van der Waals surface area contributed by atoms with Crippen molar-refractivity contribution in [3.8, 4) is 6.07 Å². The molecule has 1 heterocycles. The van der Waals surface area contributed by atoms with E-state index in [1.54, 1.807) is 13.0 Å². The highest BCUT2D eigenvalue weighted by Gasteiger charge is 2.42. The van der Waals surface area contributed by atoms with Crippen molar-refractivity contribution < 1.29 is 22.7 Å². The molecular weight excluding hydrogens is 389 g/mol. The molecule has 2 rings (SSSR count). The lowest BCUT2D eigenvalue weighted by atomic mass is 9.70. The molecule has 1 aliphatic carbocycles. The molecule has 1 aromatic rings. The number of esters is 1. The van der Waals surface area contributed by atoms with Crippen LogP contribution in [0.3, 0.4) is 0 Å². The van der Waals surface area contributed by atoms with Crippen LogP contribution < -0.4 is 0 Å². The van der Waals surface area contributed by atoms with E-state index in [0.717, 1.165) is 18.2 Å². The lowest BCUT2D eigenvalue weighted by Crippen LogP contribution is -2.30. The van der Waals surface area contributed by atoms with Crippen molar-refractivity contribution in [2.24, 2.45) is 11.3 Å². The molecule has 0 spiro atoms. The van der Waals surface area contributed by atoms with Gasteiger partial charge >= 0.3 is 12.1 Å². The van der Waals surface area contributed by atoms with E-state index in [1.165, 1.54) is 0 Å². The summed E-state index contributed by atoms with van der Waals surface area (Å²) in [4.78, 5) is 15.9. The smallest absolute Gasteiger partial charge is 0.418 e. The van der Waals surface area contributed by atoms with Gasteiger partial charge in [0.05, 0.1) is 24.2 Å². The number of nitriles is 1. The van der Waals surface area contributed by atoms with Gasteiger partial charge in [-0.15, -0.1) is 11.8 Å². The summed E-state index contributed by atoms with van der Waals surface area (Å²) in [6.07, 6.45) is -3.09. The molecule has 0 radical (unpaired) electrons. The van der Waals surface area contributed by atoms with Crippen LogP contribution in [0.2, 0.25) is 0 Å². The number of halogens is 3. The first-order valence-electron chi connectivity index (χ1n) is 9.30. The van der Waals surface area contributed by atoms with Gasteiger partial charge in [0.25, 0.3) is 0 Å². The number of aryl methyl sites for hydroxylation is 1. The third kappa shape index (κ3) is 5.19. The average molecular weight is 414 g/mol. The Morgan fingerprint density at radius 2 is 2.04 bits per heavy atom. The molecule has 0 N–H and O–H groups in total. The number of rotatable bonds is 5. The molecule has 0 aromatic carbocycles. The highest BCUT2D eigenvalue weighted by Crippen LogP contribution is 2.44. The number of nitrogens with zero attached hydrogens (tertiary/aromatic N) is 2. The normalized spacial score (nSPS) is 17.0. The van der Waals surface area contributed by atoms with Gasteiger partial charge in [-0.1, -0.05) is 20.8 Å². The fourth-order valence-electron chi connectivity index (χ4n) is 3.46. The van der Waals surface area contributed by atoms with Crippen molar-refractivity contribution in [2.45, 2.75) is 64.6 Å². The van der Waals surface area contributed by atoms with Gasteiger partial charge in [0.2, 0.25) is 0 Å². The van der Waals surface area contributed by atoms with Crippen LogP contribution in [-0.2, 0) is 28.5 Å². The number of carbonyl (C=O) groups excluding carboxylic acids is 1. The van der Waals surface area contributed by atoms with E-state index in [9.17, 15) is 23.2 Å². The van der Waals surface area contributed by atoms with Gasteiger partial charge in [0.1, 0.15) is 11.1 Å². The molecule has 0 saturated heterocycles. The molecule has 0 bridgehead atoms. The molecule has 0 aliphatic heterocycles. The SMILES string of the molecule is CCOC(=O)CCSc1nc2c(c(C(F)(F)F)c1C#N)C[C@H](C(C)(C)C)CC2. The molecule has 1 aliphatic rings. The van der Waals surface area contributed by atoms with E-state index in [2.05, 4.69) is 4.98 Å². The summed E-state index contributed by atoms with van der Waals surface area (Å²) in [5.74, 6) is -0.117. The second kappa shape index (κ2) is 8.73. The van der Waals surface area contributed by atoms with Crippen LogP contribution in [-0.4, -0.2) is 23.3 Å². The van der Waals surface area contributed by atoms with Crippen LogP contribution in [0.4, 0.5) is 13.2 Å². The molecule has 28 heavy (non-hydrogen) atoms. The Balaban J connectivity index is 2.42. The van der Waals surface area contributed by atoms with E-state index in [4.69, 9.17) is 4.74 Å². The minimum atomic E-state index is -4.63. The maximum Gasteiger partial charge on any atom is 0.418 e. The molecule has 0 fully saturated rings. The molecule has 4 nitrogen and oxygen atoms in total. The van der Waals surface area contributed by atoms with E-state index in [0.29, 0.717) is 12.1 Å². The Morgan fingerprint density at radius 3 is 2.57 bits per heavy atom. The third-order valence-corrected chi connectivity index (χ3v) is 5.98. The van der Waals surface area contributed by atoms with Gasteiger partial charge in [0.15, 0.2) is 0 Å². The Bertz CT molecular complexity index is 780. The molecule has 0 unspecified atom stereocenters. The van der Waals surface area contributed by atoms with E-state index in [1.807, 2.05) is 20.8 Å². The van der Waals surface area contributed by atoms with Crippen LogP contribution in [0, 0.1) is 22.7 Å². The molecule has 1 aromatic heterocycles. The number of carbonyl (C=O) groups is 1. The first-order chi connectivity index (χ1) is 13.0. The van der Waals surface area contributed by atoms with Gasteiger partial charge in [-0.3, -0.25) is 4.79 Å². The minimum absolute atomic E-state index is 0.0482. The molecule has 154 valence electrons. The highest BCUT2D eigenvalue weighted by atomic mass is 32.2. The number of alkyl halides is 3. The second-order valence-corrected chi connectivity index (χ2v) is 8.99. The van der Waals surface area contributed by atoms with Crippen LogP contribution in [0.5, 0.6) is 0 Å². The average Bonchev–Trinajstić information content (AvgIpc) is 2.58. The number of pyridine rings is 1. The zero-order valence-corrected chi connectivity index (χ0v) is 17.4. The Hall–Kier alpha value is -1.75. The number of fused-ring (bicyclic) bond motifs is 1. The van der Waals surface area contributed by atoms with Crippen LogP contribution in [0.1, 0.15) is 62.9 Å². The minimum Gasteiger partial charge on any atom is -0.466 e. The van der Waals surface area contributed by atoms with Crippen molar-refractivity contribution in [1.29, 1.82) is 5.26 Å². The summed E-state index contributed by atoms with van der Waals surface area (Å²) in [5, 5.41) is 9.54. The van der Waals surface area contributed by atoms with Crippen LogP contribution in [0.25, 0.3) is 0 Å². The van der Waals surface area contributed by atoms with Gasteiger partial charge in [-0.2, -0.15) is 18.4 Å². The molecular formula is C20H25F3N2O2S. The first-order valence-corrected chi connectivity index (χ1v) is 10.3. The quantitative estimate of drug-likeness (QED) is 0.491. The predicted molar refractivity (Wildman–Crippen MR) is 101 cm³/mol. The monoisotopic (exact) mass is 414 g/mol.